The van der Waals surface area contributed by atoms with E-state index in [0.29, 0.717) is 6.04 Å². The minimum Gasteiger partial charge on any atom is -0.329 e. The van der Waals surface area contributed by atoms with Gasteiger partial charge in [0.05, 0.1) is 0 Å². The second kappa shape index (κ2) is 4.60. The smallest absolute Gasteiger partial charge is 0.0221 e. The zero-order chi connectivity index (χ0) is 9.97. The van der Waals surface area contributed by atoms with Gasteiger partial charge in [-0.25, -0.2) is 0 Å². The minimum atomic E-state index is 0.717. The molecule has 3 nitrogen and oxygen atoms in total. The van der Waals surface area contributed by atoms with E-state index in [-0.39, 0.29) is 0 Å². The Hall–Kier alpha value is -0.120. The number of nitrogens with zero attached hydrogens (tertiary/aromatic N) is 1. The van der Waals surface area contributed by atoms with Crippen LogP contribution in [0.3, 0.4) is 0 Å². The van der Waals surface area contributed by atoms with Crippen molar-refractivity contribution in [2.24, 2.45) is 5.73 Å². The summed E-state index contributed by atoms with van der Waals surface area (Å²) in [7, 11) is 0. The lowest BCUT2D eigenvalue weighted by Crippen LogP contribution is -2.47. The van der Waals surface area contributed by atoms with E-state index < -0.39 is 0 Å². The SMILES string of the molecule is CCC1CNC2CCC(C2)N1CCN. The highest BCUT2D eigenvalue weighted by Gasteiger charge is 2.35. The fraction of sp³-hybridized carbons (Fsp3) is 1.00. The van der Waals surface area contributed by atoms with E-state index in [1.165, 1.54) is 25.7 Å². The van der Waals surface area contributed by atoms with E-state index >= 15 is 0 Å². The molecule has 0 radical (unpaired) electrons. The first-order valence-electron chi connectivity index (χ1n) is 6.04. The van der Waals surface area contributed by atoms with Crippen molar-refractivity contribution in [1.82, 2.24) is 10.2 Å². The lowest BCUT2D eigenvalue weighted by atomic mass is 10.1. The molecule has 3 atom stereocenters. The third-order valence-electron chi connectivity index (χ3n) is 3.84. The van der Waals surface area contributed by atoms with Crippen LogP contribution in [0.15, 0.2) is 0 Å². The third-order valence-corrected chi connectivity index (χ3v) is 3.84. The molecule has 0 aromatic rings. The van der Waals surface area contributed by atoms with E-state index in [1.54, 1.807) is 0 Å². The molecular weight excluding hydrogens is 174 g/mol. The Labute approximate surface area is 87.0 Å². The summed E-state index contributed by atoms with van der Waals surface area (Å²) in [6.45, 7) is 5.34. The summed E-state index contributed by atoms with van der Waals surface area (Å²) in [4.78, 5) is 2.65. The van der Waals surface area contributed by atoms with Gasteiger partial charge in [0.15, 0.2) is 0 Å². The summed E-state index contributed by atoms with van der Waals surface area (Å²) in [6, 6.07) is 2.31. The number of hydrogen-bond acceptors (Lipinski definition) is 3. The van der Waals surface area contributed by atoms with Gasteiger partial charge in [-0.15, -0.1) is 0 Å². The molecule has 2 rings (SSSR count). The Kier molecular flexibility index (Phi) is 3.42. The quantitative estimate of drug-likeness (QED) is 0.694. The Bertz CT molecular complexity index is 181. The molecule has 0 amide bonds. The standard InChI is InChI=1S/C11H23N3/c1-2-10-8-13-9-3-4-11(7-9)14(10)6-5-12/h9-11,13H,2-8,12H2,1H3. The maximum atomic E-state index is 5.70. The van der Waals surface area contributed by atoms with Crippen molar-refractivity contribution >= 4 is 0 Å². The average molecular weight is 197 g/mol. The van der Waals surface area contributed by atoms with Crippen molar-refractivity contribution in [3.8, 4) is 0 Å². The van der Waals surface area contributed by atoms with Crippen LogP contribution >= 0.6 is 0 Å². The van der Waals surface area contributed by atoms with Crippen LogP contribution in [0.4, 0.5) is 0 Å². The summed E-state index contributed by atoms with van der Waals surface area (Å²) in [6.07, 6.45) is 5.32. The van der Waals surface area contributed by atoms with Gasteiger partial charge in [-0.05, 0) is 25.7 Å². The second-order valence-corrected chi connectivity index (χ2v) is 4.66. The molecule has 0 aromatic heterocycles. The van der Waals surface area contributed by atoms with E-state index in [1.807, 2.05) is 0 Å². The molecule has 3 N–H and O–H groups in total. The van der Waals surface area contributed by atoms with E-state index in [2.05, 4.69) is 17.1 Å². The summed E-state index contributed by atoms with van der Waals surface area (Å²) in [5.74, 6) is 0. The molecule has 1 aliphatic heterocycles. The Morgan fingerprint density at radius 1 is 1.43 bits per heavy atom. The van der Waals surface area contributed by atoms with Crippen LogP contribution in [-0.4, -0.2) is 42.7 Å². The molecule has 0 aromatic carbocycles. The lowest BCUT2D eigenvalue weighted by molar-refractivity contribution is 0.143. The van der Waals surface area contributed by atoms with Gasteiger partial charge in [0.25, 0.3) is 0 Å². The molecule has 2 fully saturated rings. The molecule has 0 spiro atoms. The third kappa shape index (κ3) is 1.95. The first-order chi connectivity index (χ1) is 6.85. The molecular formula is C11H23N3. The Morgan fingerprint density at radius 3 is 3.00 bits per heavy atom. The van der Waals surface area contributed by atoms with E-state index in [9.17, 15) is 0 Å². The first kappa shape index (κ1) is 10.4. The predicted molar refractivity (Wildman–Crippen MR) is 59.3 cm³/mol. The fourth-order valence-corrected chi connectivity index (χ4v) is 3.06. The average Bonchev–Trinajstić information content (AvgIpc) is 2.57. The van der Waals surface area contributed by atoms with Crippen molar-refractivity contribution in [3.05, 3.63) is 0 Å². The van der Waals surface area contributed by atoms with Crippen LogP contribution in [0.25, 0.3) is 0 Å². The van der Waals surface area contributed by atoms with Gasteiger partial charge >= 0.3 is 0 Å². The number of nitrogens with two attached hydrogens (primary N) is 1. The highest BCUT2D eigenvalue weighted by atomic mass is 15.2. The van der Waals surface area contributed by atoms with Gasteiger partial charge in [0, 0.05) is 37.8 Å². The summed E-state index contributed by atoms with van der Waals surface area (Å²) in [5, 5.41) is 3.68. The monoisotopic (exact) mass is 197 g/mol. The van der Waals surface area contributed by atoms with Crippen molar-refractivity contribution in [2.45, 2.75) is 50.7 Å². The molecule has 1 aliphatic carbocycles. The molecule has 14 heavy (non-hydrogen) atoms. The highest BCUT2D eigenvalue weighted by molar-refractivity contribution is 4.94. The van der Waals surface area contributed by atoms with Gasteiger partial charge < -0.3 is 11.1 Å². The molecule has 1 saturated carbocycles. The topological polar surface area (TPSA) is 41.3 Å². The summed E-state index contributed by atoms with van der Waals surface area (Å²) in [5.41, 5.74) is 5.70. The number of hydrogen-bond donors (Lipinski definition) is 2. The van der Waals surface area contributed by atoms with Crippen LogP contribution < -0.4 is 11.1 Å². The van der Waals surface area contributed by atoms with Gasteiger partial charge in [0.1, 0.15) is 0 Å². The maximum absolute atomic E-state index is 5.70. The van der Waals surface area contributed by atoms with Crippen LogP contribution in [-0.2, 0) is 0 Å². The Morgan fingerprint density at radius 2 is 2.29 bits per heavy atom. The normalized spacial score (nSPS) is 38.6. The van der Waals surface area contributed by atoms with Gasteiger partial charge in [-0.3, -0.25) is 4.90 Å². The summed E-state index contributed by atoms with van der Waals surface area (Å²) >= 11 is 0. The van der Waals surface area contributed by atoms with Gasteiger partial charge in [-0.1, -0.05) is 6.92 Å². The van der Waals surface area contributed by atoms with Gasteiger partial charge in [0.2, 0.25) is 0 Å². The van der Waals surface area contributed by atoms with Crippen molar-refractivity contribution < 1.29 is 0 Å². The largest absolute Gasteiger partial charge is 0.329 e. The van der Waals surface area contributed by atoms with Crippen LogP contribution in [0, 0.1) is 0 Å². The number of fused-ring (bicyclic) bond motifs is 2. The van der Waals surface area contributed by atoms with E-state index in [0.717, 1.165) is 31.7 Å². The number of rotatable bonds is 3. The van der Waals surface area contributed by atoms with Crippen LogP contribution in [0.5, 0.6) is 0 Å². The fourth-order valence-electron chi connectivity index (χ4n) is 3.06. The van der Waals surface area contributed by atoms with E-state index in [4.69, 9.17) is 5.73 Å². The predicted octanol–water partition coefficient (Wildman–Crippen LogP) is 0.550. The molecule has 1 heterocycles. The highest BCUT2D eigenvalue weighted by Crippen LogP contribution is 2.28. The zero-order valence-corrected chi connectivity index (χ0v) is 9.21. The molecule has 3 heteroatoms. The van der Waals surface area contributed by atoms with Crippen molar-refractivity contribution in [1.29, 1.82) is 0 Å². The number of nitrogens with one attached hydrogen (secondary N) is 1. The van der Waals surface area contributed by atoms with Crippen LogP contribution in [0.1, 0.15) is 32.6 Å². The molecule has 2 bridgehead atoms. The molecule has 1 saturated heterocycles. The minimum absolute atomic E-state index is 0.717. The maximum Gasteiger partial charge on any atom is 0.0221 e. The first-order valence-corrected chi connectivity index (χ1v) is 6.04. The second-order valence-electron chi connectivity index (χ2n) is 4.66. The summed E-state index contributed by atoms with van der Waals surface area (Å²) < 4.78 is 0. The molecule has 82 valence electrons. The van der Waals surface area contributed by atoms with Crippen molar-refractivity contribution in [3.63, 3.8) is 0 Å². The zero-order valence-electron chi connectivity index (χ0n) is 9.21. The molecule has 3 unspecified atom stereocenters. The Balaban J connectivity index is 2.04. The lowest BCUT2D eigenvalue weighted by Gasteiger charge is -2.34. The van der Waals surface area contributed by atoms with Crippen molar-refractivity contribution in [2.75, 3.05) is 19.6 Å². The molecule has 2 aliphatic rings. The van der Waals surface area contributed by atoms with Crippen LogP contribution in [0.2, 0.25) is 0 Å². The van der Waals surface area contributed by atoms with Gasteiger partial charge in [-0.2, -0.15) is 0 Å².